The van der Waals surface area contributed by atoms with Crippen LogP contribution in [-0.4, -0.2) is 25.0 Å². The molecule has 0 aliphatic rings. The molecule has 5 nitrogen and oxygen atoms in total. The molecule has 31 heavy (non-hydrogen) atoms. The lowest BCUT2D eigenvalue weighted by atomic mass is 10.1. The van der Waals surface area contributed by atoms with Crippen molar-refractivity contribution in [2.75, 3.05) is 18.5 Å². The maximum absolute atomic E-state index is 12.5. The molecule has 160 valence electrons. The van der Waals surface area contributed by atoms with Gasteiger partial charge in [-0.1, -0.05) is 72.8 Å². The Labute approximate surface area is 183 Å². The van der Waals surface area contributed by atoms with Crippen LogP contribution in [0.1, 0.15) is 22.3 Å². The van der Waals surface area contributed by atoms with Crippen molar-refractivity contribution in [1.29, 1.82) is 0 Å². The first-order valence-corrected chi connectivity index (χ1v) is 10.4. The van der Waals surface area contributed by atoms with Crippen LogP contribution in [0.4, 0.5) is 5.69 Å². The summed E-state index contributed by atoms with van der Waals surface area (Å²) >= 11 is 0. The molecule has 2 N–H and O–H groups in total. The van der Waals surface area contributed by atoms with Gasteiger partial charge >= 0.3 is 5.97 Å². The third kappa shape index (κ3) is 7.08. The highest BCUT2D eigenvalue weighted by Crippen LogP contribution is 2.17. The minimum Gasteiger partial charge on any atom is -0.451 e. The second-order valence-corrected chi connectivity index (χ2v) is 7.71. The summed E-state index contributed by atoms with van der Waals surface area (Å²) in [5, 5.41) is 2.82. The Morgan fingerprint density at radius 1 is 0.806 bits per heavy atom. The first-order valence-electron chi connectivity index (χ1n) is 10.4. The molecule has 0 spiro atoms. The third-order valence-electron chi connectivity index (χ3n) is 5.23. The fraction of sp³-hybridized carbons (Fsp3) is 0.231. The van der Waals surface area contributed by atoms with Crippen LogP contribution in [0.3, 0.4) is 0 Å². The quantitative estimate of drug-likeness (QED) is 0.526. The van der Waals surface area contributed by atoms with E-state index in [1.807, 2.05) is 92.7 Å². The van der Waals surface area contributed by atoms with Crippen molar-refractivity contribution >= 4 is 17.6 Å². The van der Waals surface area contributed by atoms with Gasteiger partial charge < -0.3 is 15.0 Å². The molecular weight excluding hydrogens is 388 g/mol. The van der Waals surface area contributed by atoms with Crippen LogP contribution in [0.2, 0.25) is 0 Å². The van der Waals surface area contributed by atoms with Gasteiger partial charge in [0.15, 0.2) is 13.2 Å². The van der Waals surface area contributed by atoms with Crippen molar-refractivity contribution in [1.82, 2.24) is 0 Å². The monoisotopic (exact) mass is 417 g/mol. The first-order chi connectivity index (χ1) is 15.0. The maximum Gasteiger partial charge on any atom is 0.362 e. The highest BCUT2D eigenvalue weighted by molar-refractivity contribution is 5.93. The second-order valence-electron chi connectivity index (χ2n) is 7.71. The maximum atomic E-state index is 12.5. The Bertz CT molecular complexity index is 962. The molecule has 0 radical (unpaired) electrons. The van der Waals surface area contributed by atoms with E-state index in [1.54, 1.807) is 0 Å². The molecule has 0 atom stereocenters. The molecule has 3 aromatic rings. The molecule has 0 fully saturated rings. The Balaban J connectivity index is 1.56. The van der Waals surface area contributed by atoms with E-state index >= 15 is 0 Å². The lowest BCUT2D eigenvalue weighted by molar-refractivity contribution is -0.920. The Hall–Kier alpha value is -3.44. The molecule has 0 heterocycles. The second kappa shape index (κ2) is 11.1. The predicted molar refractivity (Wildman–Crippen MR) is 122 cm³/mol. The molecule has 0 saturated heterocycles. The zero-order valence-corrected chi connectivity index (χ0v) is 18.1. The van der Waals surface area contributed by atoms with E-state index in [2.05, 4.69) is 5.32 Å². The van der Waals surface area contributed by atoms with Gasteiger partial charge in [0.05, 0.1) is 0 Å². The summed E-state index contributed by atoms with van der Waals surface area (Å²) in [6.07, 6.45) is 0. The smallest absolute Gasteiger partial charge is 0.362 e. The van der Waals surface area contributed by atoms with Gasteiger partial charge in [-0.15, -0.1) is 0 Å². The summed E-state index contributed by atoms with van der Waals surface area (Å²) in [6, 6.07) is 25.8. The van der Waals surface area contributed by atoms with Gasteiger partial charge in [-0.3, -0.25) is 4.79 Å². The number of hydrogen-bond acceptors (Lipinski definition) is 3. The summed E-state index contributed by atoms with van der Waals surface area (Å²) in [7, 11) is 0. The summed E-state index contributed by atoms with van der Waals surface area (Å²) < 4.78 is 5.28. The Morgan fingerprint density at radius 3 is 1.97 bits per heavy atom. The average Bonchev–Trinajstić information content (AvgIpc) is 2.77. The van der Waals surface area contributed by atoms with Crippen LogP contribution in [0.25, 0.3) is 0 Å². The molecule has 1 amide bonds. The molecule has 0 aliphatic heterocycles. The normalized spacial score (nSPS) is 10.7. The summed E-state index contributed by atoms with van der Waals surface area (Å²) in [6.45, 7) is 5.21. The average molecular weight is 418 g/mol. The number of quaternary nitrogens is 1. The topological polar surface area (TPSA) is 59.8 Å². The van der Waals surface area contributed by atoms with Crippen LogP contribution < -0.4 is 10.2 Å². The summed E-state index contributed by atoms with van der Waals surface area (Å²) in [4.78, 5) is 25.8. The lowest BCUT2D eigenvalue weighted by Crippen LogP contribution is -3.10. The standard InChI is InChI=1S/C26H28N2O3/c1-20-10-9-15-24(21(20)2)27-25(29)19-31-26(30)18-28(16-22-11-5-3-6-12-22)17-23-13-7-4-8-14-23/h3-15H,16-19H2,1-2H3,(H,27,29)/p+1. The zero-order chi connectivity index (χ0) is 22.1. The molecular formula is C26H29N2O3+. The molecule has 0 aliphatic carbocycles. The van der Waals surface area contributed by atoms with Crippen molar-refractivity contribution in [2.24, 2.45) is 0 Å². The SMILES string of the molecule is Cc1cccc(NC(=O)COC(=O)C[NH+](Cc2ccccc2)Cc2ccccc2)c1C. The Morgan fingerprint density at radius 2 is 1.39 bits per heavy atom. The van der Waals surface area contributed by atoms with Gasteiger partial charge in [0.2, 0.25) is 0 Å². The molecule has 0 unspecified atom stereocenters. The number of nitrogens with one attached hydrogen (secondary N) is 2. The van der Waals surface area contributed by atoms with Gasteiger partial charge in [0.1, 0.15) is 13.1 Å². The predicted octanol–water partition coefficient (Wildman–Crippen LogP) is 3.07. The van der Waals surface area contributed by atoms with Crippen LogP contribution in [0.5, 0.6) is 0 Å². The van der Waals surface area contributed by atoms with Crippen molar-refractivity contribution in [3.63, 3.8) is 0 Å². The molecule has 0 saturated carbocycles. The van der Waals surface area contributed by atoms with E-state index in [-0.39, 0.29) is 19.1 Å². The van der Waals surface area contributed by atoms with E-state index < -0.39 is 5.97 Å². The van der Waals surface area contributed by atoms with Gasteiger partial charge in [0, 0.05) is 16.8 Å². The number of ether oxygens (including phenoxy) is 1. The molecule has 0 bridgehead atoms. The van der Waals surface area contributed by atoms with Gasteiger partial charge in [0.25, 0.3) is 5.91 Å². The molecule has 0 aromatic heterocycles. The molecule has 3 aromatic carbocycles. The number of anilines is 1. The number of benzene rings is 3. The number of aryl methyl sites for hydroxylation is 1. The fourth-order valence-corrected chi connectivity index (χ4v) is 3.43. The van der Waals surface area contributed by atoms with E-state index in [9.17, 15) is 9.59 Å². The van der Waals surface area contributed by atoms with Gasteiger partial charge in [-0.05, 0) is 31.0 Å². The summed E-state index contributed by atoms with van der Waals surface area (Å²) in [5.74, 6) is -0.729. The fourth-order valence-electron chi connectivity index (χ4n) is 3.43. The third-order valence-corrected chi connectivity index (χ3v) is 5.23. The van der Waals surface area contributed by atoms with Crippen molar-refractivity contribution < 1.29 is 19.2 Å². The minimum atomic E-state index is -0.391. The number of hydrogen-bond donors (Lipinski definition) is 2. The highest BCUT2D eigenvalue weighted by Gasteiger charge is 2.18. The lowest BCUT2D eigenvalue weighted by Gasteiger charge is -2.19. The number of amides is 1. The van der Waals surface area contributed by atoms with E-state index in [0.717, 1.165) is 32.8 Å². The highest BCUT2D eigenvalue weighted by atomic mass is 16.5. The summed E-state index contributed by atoms with van der Waals surface area (Å²) in [5.41, 5.74) is 5.13. The van der Waals surface area contributed by atoms with Crippen molar-refractivity contribution in [3.8, 4) is 0 Å². The van der Waals surface area contributed by atoms with Crippen molar-refractivity contribution in [2.45, 2.75) is 26.9 Å². The van der Waals surface area contributed by atoms with Gasteiger partial charge in [-0.25, -0.2) is 4.79 Å². The van der Waals surface area contributed by atoms with Gasteiger partial charge in [-0.2, -0.15) is 0 Å². The Kier molecular flexibility index (Phi) is 7.96. The van der Waals surface area contributed by atoms with E-state index in [0.29, 0.717) is 13.1 Å². The number of carbonyl (C=O) groups is 2. The molecule has 3 rings (SSSR count). The van der Waals surface area contributed by atoms with Crippen molar-refractivity contribution in [3.05, 3.63) is 101 Å². The minimum absolute atomic E-state index is 0.181. The number of carbonyl (C=O) groups excluding carboxylic acids is 2. The van der Waals surface area contributed by atoms with Crippen LogP contribution in [0, 0.1) is 13.8 Å². The largest absolute Gasteiger partial charge is 0.451 e. The first kappa shape index (κ1) is 22.2. The van der Waals surface area contributed by atoms with Crippen LogP contribution in [0.15, 0.2) is 78.9 Å². The number of esters is 1. The zero-order valence-electron chi connectivity index (χ0n) is 18.1. The van der Waals surface area contributed by atoms with Crippen LogP contribution in [-0.2, 0) is 27.4 Å². The van der Waals surface area contributed by atoms with Crippen LogP contribution >= 0.6 is 0 Å². The number of rotatable bonds is 9. The molecule has 5 heteroatoms. The van der Waals surface area contributed by atoms with E-state index in [4.69, 9.17) is 4.74 Å². The van der Waals surface area contributed by atoms with E-state index in [1.165, 1.54) is 0 Å².